The molecule has 0 fully saturated rings. The molecule has 0 saturated carbocycles. The summed E-state index contributed by atoms with van der Waals surface area (Å²) >= 11 is 0. The highest BCUT2D eigenvalue weighted by atomic mass is 16.5. The number of allylic oxidation sites excluding steroid dienone is 12. The largest absolute Gasteiger partial charge is 0.464 e. The van der Waals surface area contributed by atoms with Gasteiger partial charge in [0.05, 0.1) is 17.8 Å². The van der Waals surface area contributed by atoms with Gasteiger partial charge in [-0.15, -0.1) is 0 Å². The highest BCUT2D eigenvalue weighted by Gasteiger charge is 2.35. The van der Waals surface area contributed by atoms with Crippen molar-refractivity contribution in [1.29, 1.82) is 0 Å². The quantitative estimate of drug-likeness (QED) is 0.173. The number of hydrogen-bond donors (Lipinski definition) is 1. The smallest absolute Gasteiger partial charge is 0.136 e. The normalized spacial score (nSPS) is 17.3. The fraction of sp³-hybridized carbons (Fsp3) is 0.0877. The van der Waals surface area contributed by atoms with Crippen molar-refractivity contribution >= 4 is 55.3 Å². The van der Waals surface area contributed by atoms with Gasteiger partial charge in [0, 0.05) is 55.1 Å². The first-order valence-corrected chi connectivity index (χ1v) is 20.7. The van der Waals surface area contributed by atoms with Crippen LogP contribution < -0.4 is 4.74 Å². The van der Waals surface area contributed by atoms with Gasteiger partial charge >= 0.3 is 0 Å². The van der Waals surface area contributed by atoms with Crippen molar-refractivity contribution in [2.45, 2.75) is 31.7 Å². The van der Waals surface area contributed by atoms with E-state index in [0.717, 1.165) is 28.8 Å². The van der Waals surface area contributed by atoms with E-state index in [4.69, 9.17) is 4.74 Å². The van der Waals surface area contributed by atoms with Gasteiger partial charge in [0.2, 0.25) is 0 Å². The van der Waals surface area contributed by atoms with Crippen molar-refractivity contribution in [3.8, 4) is 28.0 Å². The van der Waals surface area contributed by atoms with E-state index in [-0.39, 0.29) is 11.5 Å². The molecule has 8 aromatic rings. The number of aromatic amines is 1. The Morgan fingerprint density at radius 2 is 1.43 bits per heavy atom. The lowest BCUT2D eigenvalue weighted by Crippen LogP contribution is -2.14. The Balaban J connectivity index is 0.000000314. The van der Waals surface area contributed by atoms with Gasteiger partial charge in [-0.1, -0.05) is 161 Å². The molecule has 0 bridgehead atoms. The lowest BCUT2D eigenvalue weighted by Gasteiger charge is -2.21. The first-order valence-electron chi connectivity index (χ1n) is 20.7. The lowest BCUT2D eigenvalue weighted by atomic mass is 9.82. The first kappa shape index (κ1) is 36.9. The van der Waals surface area contributed by atoms with Crippen molar-refractivity contribution in [3.63, 3.8) is 0 Å². The number of aromatic nitrogens is 2. The second-order valence-electron chi connectivity index (χ2n) is 16.3. The molecule has 3 heterocycles. The minimum absolute atomic E-state index is 0.0239. The van der Waals surface area contributed by atoms with Gasteiger partial charge in [0.15, 0.2) is 0 Å². The molecule has 0 amide bonds. The maximum Gasteiger partial charge on any atom is 0.136 e. The van der Waals surface area contributed by atoms with Crippen LogP contribution in [0.4, 0.5) is 0 Å². The van der Waals surface area contributed by atoms with Crippen LogP contribution in [0, 0.1) is 0 Å². The molecule has 290 valence electrons. The summed E-state index contributed by atoms with van der Waals surface area (Å²) in [7, 11) is 0. The zero-order chi connectivity index (χ0) is 40.8. The summed E-state index contributed by atoms with van der Waals surface area (Å²) in [6.07, 6.45) is 27.2. The highest BCUT2D eigenvalue weighted by molar-refractivity contribution is 6.13. The SMILES string of the molecule is C=C/C=C\C=C/c1ccccc1.C=C1/C=C\C=C/Oc2cc3c(cc21)c1cc(-c2ccc4[nH]c5cc6c(cc5c4c2)-c2ccccc2C6(C)C)ccc1n3C1C=CC=CC1. The number of hydrogen-bond acceptors (Lipinski definition) is 1. The molecule has 3 nitrogen and oxygen atoms in total. The molecular formula is C57H46N2O. The molecule has 3 aliphatic rings. The third-order valence-corrected chi connectivity index (χ3v) is 12.3. The van der Waals surface area contributed by atoms with Crippen molar-refractivity contribution in [3.05, 3.63) is 224 Å². The lowest BCUT2D eigenvalue weighted by molar-refractivity contribution is 0.480. The molecule has 6 aromatic carbocycles. The second-order valence-corrected chi connectivity index (χ2v) is 16.3. The fourth-order valence-electron chi connectivity index (χ4n) is 9.29. The summed E-state index contributed by atoms with van der Waals surface area (Å²) < 4.78 is 8.60. The molecule has 1 unspecified atom stereocenters. The summed E-state index contributed by atoms with van der Waals surface area (Å²) in [5.41, 5.74) is 15.8. The molecular weight excluding hydrogens is 729 g/mol. The predicted molar refractivity (Wildman–Crippen MR) is 256 cm³/mol. The van der Waals surface area contributed by atoms with Gasteiger partial charge < -0.3 is 14.3 Å². The van der Waals surface area contributed by atoms with E-state index in [1.165, 1.54) is 77.0 Å². The van der Waals surface area contributed by atoms with E-state index >= 15 is 0 Å². The van der Waals surface area contributed by atoms with E-state index in [1.54, 1.807) is 12.3 Å². The summed E-state index contributed by atoms with van der Waals surface area (Å²) in [5.74, 6) is 0.829. The molecule has 0 radical (unpaired) electrons. The summed E-state index contributed by atoms with van der Waals surface area (Å²) in [5, 5.41) is 4.97. The second kappa shape index (κ2) is 15.1. The summed E-state index contributed by atoms with van der Waals surface area (Å²) in [6, 6.07) is 42.4. The van der Waals surface area contributed by atoms with Gasteiger partial charge in [-0.05, 0) is 99.5 Å². The third kappa shape index (κ3) is 6.40. The van der Waals surface area contributed by atoms with E-state index in [0.29, 0.717) is 0 Å². The molecule has 60 heavy (non-hydrogen) atoms. The Bertz CT molecular complexity index is 3210. The monoisotopic (exact) mass is 774 g/mol. The standard InChI is InChI=1S/C45H34N2O.C12H12/c1-27-11-9-10-20-48-44-26-43-37(23-32(27)44)36-22-29(17-19-42(36)47(43)30-12-5-4-6-13-30)28-16-18-40-34(21-28)35-24-33-31-14-7-8-15-38(31)45(2,3)39(33)25-41(35)46-40;1-2-3-4-6-9-12-10-7-5-8-11-12/h4-12,14-26,30,46H,1,13H2,2-3H3;2-11H,1H2/b11-9-,20-10-;4-3-,9-6-. The van der Waals surface area contributed by atoms with Crippen molar-refractivity contribution in [2.24, 2.45) is 0 Å². The maximum absolute atomic E-state index is 6.12. The van der Waals surface area contributed by atoms with Crippen molar-refractivity contribution in [2.75, 3.05) is 0 Å². The average Bonchev–Trinajstić information content (AvgIpc) is 3.88. The Kier molecular flexibility index (Phi) is 9.30. The third-order valence-electron chi connectivity index (χ3n) is 12.3. The van der Waals surface area contributed by atoms with Gasteiger partial charge in [-0.25, -0.2) is 0 Å². The van der Waals surface area contributed by atoms with Crippen LogP contribution >= 0.6 is 0 Å². The van der Waals surface area contributed by atoms with Gasteiger partial charge in [0.25, 0.3) is 0 Å². The number of fused-ring (bicyclic) bond motifs is 10. The summed E-state index contributed by atoms with van der Waals surface area (Å²) in [4.78, 5) is 3.74. The molecule has 1 aliphatic heterocycles. The highest BCUT2D eigenvalue weighted by Crippen LogP contribution is 2.50. The predicted octanol–water partition coefficient (Wildman–Crippen LogP) is 15.4. The first-order chi connectivity index (χ1) is 29.4. The van der Waals surface area contributed by atoms with E-state index < -0.39 is 0 Å². The van der Waals surface area contributed by atoms with Gasteiger partial charge in [0.1, 0.15) is 5.75 Å². The molecule has 1 N–H and O–H groups in total. The van der Waals surface area contributed by atoms with Crippen LogP contribution in [0.1, 0.15) is 48.6 Å². The number of H-pyrrole nitrogens is 1. The molecule has 11 rings (SSSR count). The van der Waals surface area contributed by atoms with E-state index in [2.05, 4.69) is 164 Å². The van der Waals surface area contributed by atoms with Gasteiger partial charge in [-0.2, -0.15) is 0 Å². The zero-order valence-corrected chi connectivity index (χ0v) is 34.0. The zero-order valence-electron chi connectivity index (χ0n) is 34.0. The van der Waals surface area contributed by atoms with Gasteiger partial charge in [-0.3, -0.25) is 0 Å². The molecule has 1 atom stereocenters. The molecule has 3 heteroatoms. The molecule has 2 aliphatic carbocycles. The fourth-order valence-corrected chi connectivity index (χ4v) is 9.29. The van der Waals surface area contributed by atoms with Crippen LogP contribution in [-0.4, -0.2) is 9.55 Å². The number of ether oxygens (including phenoxy) is 1. The van der Waals surface area contributed by atoms with Crippen LogP contribution in [0.15, 0.2) is 202 Å². The minimum Gasteiger partial charge on any atom is -0.464 e. The maximum atomic E-state index is 6.12. The Labute approximate surface area is 351 Å². The molecule has 2 aromatic heterocycles. The number of benzene rings is 6. The number of nitrogens with one attached hydrogen (secondary N) is 1. The van der Waals surface area contributed by atoms with E-state index in [9.17, 15) is 0 Å². The number of rotatable bonds is 5. The van der Waals surface area contributed by atoms with Crippen LogP contribution in [0.25, 0.3) is 77.5 Å². The van der Waals surface area contributed by atoms with Crippen molar-refractivity contribution < 1.29 is 4.74 Å². The van der Waals surface area contributed by atoms with Crippen molar-refractivity contribution in [1.82, 2.24) is 9.55 Å². The Hall–Kier alpha value is -7.36. The Morgan fingerprint density at radius 1 is 0.667 bits per heavy atom. The van der Waals surface area contributed by atoms with Crippen LogP contribution in [0.2, 0.25) is 0 Å². The summed E-state index contributed by atoms with van der Waals surface area (Å²) in [6.45, 7) is 12.6. The topological polar surface area (TPSA) is 29.9 Å². The van der Waals surface area contributed by atoms with Crippen LogP contribution in [-0.2, 0) is 5.41 Å². The van der Waals surface area contributed by atoms with Crippen LogP contribution in [0.3, 0.4) is 0 Å². The average molecular weight is 775 g/mol. The van der Waals surface area contributed by atoms with Crippen LogP contribution in [0.5, 0.6) is 5.75 Å². The minimum atomic E-state index is -0.0239. The van der Waals surface area contributed by atoms with E-state index in [1.807, 2.05) is 54.7 Å². The molecule has 0 spiro atoms. The number of nitrogens with zero attached hydrogens (tertiary/aromatic N) is 1. The molecule has 0 saturated heterocycles. The Morgan fingerprint density at radius 3 is 2.27 bits per heavy atom.